The van der Waals surface area contributed by atoms with Crippen molar-refractivity contribution in [1.29, 1.82) is 0 Å². The average Bonchev–Trinajstić information content (AvgIpc) is 2.42. The predicted molar refractivity (Wildman–Crippen MR) is 85.5 cm³/mol. The number of benzene rings is 1. The number of piperazine rings is 1. The Bertz CT molecular complexity index is 459. The molecule has 2 rings (SSSR count). The van der Waals surface area contributed by atoms with Crippen LogP contribution in [0.15, 0.2) is 18.2 Å². The molecule has 3 nitrogen and oxygen atoms in total. The summed E-state index contributed by atoms with van der Waals surface area (Å²) in [5, 5.41) is 5.15. The van der Waals surface area contributed by atoms with Crippen LogP contribution >= 0.6 is 35.4 Å². The summed E-state index contributed by atoms with van der Waals surface area (Å²) in [7, 11) is 0. The number of anilines is 1. The van der Waals surface area contributed by atoms with Crippen molar-refractivity contribution < 1.29 is 4.90 Å². The van der Waals surface area contributed by atoms with Crippen LogP contribution in [-0.4, -0.2) is 42.7 Å². The Morgan fingerprint density at radius 3 is 2.63 bits per heavy atom. The highest BCUT2D eigenvalue weighted by atomic mass is 35.5. The highest BCUT2D eigenvalue weighted by Crippen LogP contribution is 2.25. The van der Waals surface area contributed by atoms with Crippen LogP contribution in [0.5, 0.6) is 0 Å². The maximum atomic E-state index is 6.13. The minimum Gasteiger partial charge on any atom is -0.338 e. The molecule has 1 aromatic carbocycles. The Kier molecular flexibility index (Phi) is 5.28. The Hall–Kier alpha value is -0.550. The van der Waals surface area contributed by atoms with Crippen LogP contribution in [0.3, 0.4) is 0 Å². The van der Waals surface area contributed by atoms with E-state index in [1.165, 1.54) is 6.54 Å². The molecule has 0 aromatic heterocycles. The lowest BCUT2D eigenvalue weighted by atomic mass is 10.3. The second-order valence-electron chi connectivity index (χ2n) is 4.64. The predicted octanol–water partition coefficient (Wildman–Crippen LogP) is 1.91. The van der Waals surface area contributed by atoms with Crippen LogP contribution in [0.2, 0.25) is 10.0 Å². The molecule has 1 aliphatic heterocycles. The summed E-state index contributed by atoms with van der Waals surface area (Å²) in [4.78, 5) is 3.82. The fourth-order valence-electron chi connectivity index (χ4n) is 2.16. The van der Waals surface area contributed by atoms with Crippen molar-refractivity contribution in [1.82, 2.24) is 4.90 Å². The van der Waals surface area contributed by atoms with E-state index in [2.05, 4.69) is 17.1 Å². The second kappa shape index (κ2) is 6.75. The molecule has 0 atom stereocenters. The molecule has 0 unspecified atom stereocenters. The number of quaternary nitrogens is 1. The van der Waals surface area contributed by atoms with Gasteiger partial charge < -0.3 is 15.1 Å². The van der Waals surface area contributed by atoms with Crippen molar-refractivity contribution in [3.63, 3.8) is 0 Å². The van der Waals surface area contributed by atoms with E-state index in [0.717, 1.165) is 37.0 Å². The molecule has 1 aromatic rings. The lowest BCUT2D eigenvalue weighted by Gasteiger charge is -2.33. The summed E-state index contributed by atoms with van der Waals surface area (Å²) in [6.07, 6.45) is 0. The molecule has 0 amide bonds. The SMILES string of the molecule is CC[NH+]1CCN(C(=S)Nc2ccc(Cl)cc2Cl)CC1. The van der Waals surface area contributed by atoms with Gasteiger partial charge in [-0.25, -0.2) is 0 Å². The first kappa shape index (κ1) is 14.9. The second-order valence-corrected chi connectivity index (χ2v) is 5.88. The quantitative estimate of drug-likeness (QED) is 0.813. The van der Waals surface area contributed by atoms with Crippen molar-refractivity contribution in [2.75, 3.05) is 38.0 Å². The van der Waals surface area contributed by atoms with E-state index in [0.29, 0.717) is 10.0 Å². The molecule has 1 aliphatic rings. The number of halogens is 2. The molecule has 104 valence electrons. The van der Waals surface area contributed by atoms with Crippen LogP contribution in [-0.2, 0) is 0 Å². The van der Waals surface area contributed by atoms with E-state index in [-0.39, 0.29) is 0 Å². The third kappa shape index (κ3) is 3.96. The topological polar surface area (TPSA) is 19.7 Å². The Morgan fingerprint density at radius 2 is 2.05 bits per heavy atom. The molecule has 1 heterocycles. The van der Waals surface area contributed by atoms with Crippen molar-refractivity contribution in [2.24, 2.45) is 0 Å². The number of rotatable bonds is 2. The molecule has 2 N–H and O–H groups in total. The summed E-state index contributed by atoms with van der Waals surface area (Å²) in [6, 6.07) is 5.37. The van der Waals surface area contributed by atoms with Crippen molar-refractivity contribution in [3.05, 3.63) is 28.2 Å². The van der Waals surface area contributed by atoms with Crippen molar-refractivity contribution in [3.8, 4) is 0 Å². The van der Waals surface area contributed by atoms with Crippen LogP contribution in [0.1, 0.15) is 6.92 Å². The van der Waals surface area contributed by atoms with Gasteiger partial charge in [-0.15, -0.1) is 0 Å². The van der Waals surface area contributed by atoms with Gasteiger partial charge in [-0.05, 0) is 37.3 Å². The van der Waals surface area contributed by atoms with Gasteiger partial charge in [0, 0.05) is 5.02 Å². The van der Waals surface area contributed by atoms with E-state index >= 15 is 0 Å². The zero-order chi connectivity index (χ0) is 13.8. The summed E-state index contributed by atoms with van der Waals surface area (Å²) in [6.45, 7) is 7.63. The first-order chi connectivity index (χ1) is 9.10. The maximum absolute atomic E-state index is 6.13. The monoisotopic (exact) mass is 318 g/mol. The van der Waals surface area contributed by atoms with Crippen molar-refractivity contribution in [2.45, 2.75) is 6.92 Å². The van der Waals surface area contributed by atoms with E-state index < -0.39 is 0 Å². The largest absolute Gasteiger partial charge is 0.338 e. The minimum atomic E-state index is 0.590. The number of likely N-dealkylation sites (N-methyl/N-ethyl adjacent to an activating group) is 1. The highest BCUT2D eigenvalue weighted by molar-refractivity contribution is 7.80. The molecular weight excluding hydrogens is 301 g/mol. The average molecular weight is 319 g/mol. The molecule has 1 saturated heterocycles. The number of nitrogens with zero attached hydrogens (tertiary/aromatic N) is 1. The molecule has 0 saturated carbocycles. The molecule has 6 heteroatoms. The zero-order valence-electron chi connectivity index (χ0n) is 10.9. The number of thiocarbonyl (C=S) groups is 1. The van der Waals surface area contributed by atoms with E-state index in [9.17, 15) is 0 Å². The van der Waals surface area contributed by atoms with Crippen LogP contribution in [0.4, 0.5) is 5.69 Å². The smallest absolute Gasteiger partial charge is 0.173 e. The fourth-order valence-corrected chi connectivity index (χ4v) is 2.91. The molecule has 1 fully saturated rings. The van der Waals surface area contributed by atoms with E-state index in [1.54, 1.807) is 17.0 Å². The van der Waals surface area contributed by atoms with Crippen molar-refractivity contribution >= 4 is 46.2 Å². The molecule has 0 spiro atoms. The number of hydrogen-bond acceptors (Lipinski definition) is 1. The first-order valence-corrected chi connectivity index (χ1v) is 7.61. The standard InChI is InChI=1S/C13H17Cl2N3S/c1-2-17-5-7-18(8-6-17)13(19)16-12-4-3-10(14)9-11(12)15/h3-4,9H,2,5-8H2,1H3,(H,16,19)/p+1. The van der Waals surface area contributed by atoms with Crippen LogP contribution in [0.25, 0.3) is 0 Å². The van der Waals surface area contributed by atoms with Gasteiger partial charge in [-0.2, -0.15) is 0 Å². The van der Waals surface area contributed by atoms with Gasteiger partial charge in [-0.1, -0.05) is 23.2 Å². The summed E-state index contributed by atoms with van der Waals surface area (Å²) in [5.74, 6) is 0. The van der Waals surface area contributed by atoms with Gasteiger partial charge in [0.15, 0.2) is 5.11 Å². The van der Waals surface area contributed by atoms with E-state index in [1.807, 2.05) is 6.07 Å². The zero-order valence-corrected chi connectivity index (χ0v) is 13.2. The summed E-state index contributed by atoms with van der Waals surface area (Å²) in [5.41, 5.74) is 0.807. The summed E-state index contributed by atoms with van der Waals surface area (Å²) < 4.78 is 0. The summed E-state index contributed by atoms with van der Waals surface area (Å²) >= 11 is 17.4. The molecule has 19 heavy (non-hydrogen) atoms. The third-order valence-electron chi connectivity index (χ3n) is 3.43. The highest BCUT2D eigenvalue weighted by Gasteiger charge is 2.20. The Labute approximate surface area is 129 Å². The van der Waals surface area contributed by atoms with Gasteiger partial charge in [-0.3, -0.25) is 0 Å². The van der Waals surface area contributed by atoms with Gasteiger partial charge in [0.05, 0.1) is 43.4 Å². The number of hydrogen-bond donors (Lipinski definition) is 2. The Balaban J connectivity index is 1.94. The number of nitrogens with one attached hydrogen (secondary N) is 2. The molecule has 0 bridgehead atoms. The lowest BCUT2D eigenvalue weighted by Crippen LogP contribution is -3.14. The maximum Gasteiger partial charge on any atom is 0.173 e. The van der Waals surface area contributed by atoms with Gasteiger partial charge >= 0.3 is 0 Å². The van der Waals surface area contributed by atoms with Gasteiger partial charge in [0.1, 0.15) is 0 Å². The minimum absolute atomic E-state index is 0.590. The Morgan fingerprint density at radius 1 is 1.37 bits per heavy atom. The molecule has 0 aliphatic carbocycles. The first-order valence-electron chi connectivity index (χ1n) is 6.44. The van der Waals surface area contributed by atoms with E-state index in [4.69, 9.17) is 35.4 Å². The van der Waals surface area contributed by atoms with Gasteiger partial charge in [0.2, 0.25) is 0 Å². The normalized spacial score (nSPS) is 16.5. The molecular formula is C13H18Cl2N3S+. The lowest BCUT2D eigenvalue weighted by molar-refractivity contribution is -0.902. The third-order valence-corrected chi connectivity index (χ3v) is 4.34. The molecule has 0 radical (unpaired) electrons. The van der Waals surface area contributed by atoms with Crippen LogP contribution < -0.4 is 10.2 Å². The fraction of sp³-hybridized carbons (Fsp3) is 0.462. The van der Waals surface area contributed by atoms with Gasteiger partial charge in [0.25, 0.3) is 0 Å². The van der Waals surface area contributed by atoms with Crippen LogP contribution in [0, 0.1) is 0 Å².